The molecule has 1 fully saturated rings. The van der Waals surface area contributed by atoms with E-state index < -0.39 is 9.84 Å². The second-order valence-electron chi connectivity index (χ2n) is 6.84. The summed E-state index contributed by atoms with van der Waals surface area (Å²) < 4.78 is 28.7. The number of nitrogens with zero attached hydrogens (tertiary/aromatic N) is 1. The van der Waals surface area contributed by atoms with Gasteiger partial charge in [-0.2, -0.15) is 0 Å². The molecule has 1 saturated heterocycles. The Morgan fingerprint density at radius 3 is 2.54 bits per heavy atom. The van der Waals surface area contributed by atoms with Gasteiger partial charge >= 0.3 is 0 Å². The first kappa shape index (κ1) is 23.0. The van der Waals surface area contributed by atoms with Crippen LogP contribution >= 0.6 is 24.0 Å². The topological polar surface area (TPSA) is 79.8 Å². The van der Waals surface area contributed by atoms with Crippen LogP contribution in [-0.4, -0.2) is 52.1 Å². The summed E-state index contributed by atoms with van der Waals surface area (Å²) in [7, 11) is -1.19. The number of nitrogens with one attached hydrogen (secondary N) is 2. The summed E-state index contributed by atoms with van der Waals surface area (Å²) in [6.07, 6.45) is 1.50. The molecule has 0 aliphatic carbocycles. The third-order valence-corrected chi connectivity index (χ3v) is 5.78. The molecule has 1 unspecified atom stereocenters. The van der Waals surface area contributed by atoms with Crippen molar-refractivity contribution in [1.82, 2.24) is 10.6 Å². The summed E-state index contributed by atoms with van der Waals surface area (Å²) >= 11 is 0. The standard InChI is InChI=1S/C18H29N3O3S.HI/c1-14(2)12-24-17-6-4-15(5-7-17)8-10-20-18(19-3)21-16-9-11-25(22,23)13-16;/h4-7,14,16H,8-13H2,1-3H3,(H2,19,20,21);1H. The maximum Gasteiger partial charge on any atom is 0.191 e. The SMILES string of the molecule is CN=C(NCCc1ccc(OCC(C)C)cc1)NC1CCS(=O)(=O)C1.I. The van der Waals surface area contributed by atoms with E-state index >= 15 is 0 Å². The molecule has 1 aromatic carbocycles. The fourth-order valence-electron chi connectivity index (χ4n) is 2.64. The van der Waals surface area contributed by atoms with Gasteiger partial charge in [0.2, 0.25) is 0 Å². The van der Waals surface area contributed by atoms with Crippen molar-refractivity contribution in [2.75, 3.05) is 31.7 Å². The minimum Gasteiger partial charge on any atom is -0.493 e. The summed E-state index contributed by atoms with van der Waals surface area (Å²) in [5.74, 6) is 2.50. The maximum atomic E-state index is 11.5. The molecule has 6 nitrogen and oxygen atoms in total. The molecule has 0 aromatic heterocycles. The molecule has 26 heavy (non-hydrogen) atoms. The Kier molecular flexibility index (Phi) is 9.70. The zero-order chi connectivity index (χ0) is 18.3. The van der Waals surface area contributed by atoms with Gasteiger partial charge in [-0.15, -0.1) is 24.0 Å². The van der Waals surface area contributed by atoms with Gasteiger partial charge in [-0.05, 0) is 36.5 Å². The van der Waals surface area contributed by atoms with Crippen molar-refractivity contribution >= 4 is 39.8 Å². The summed E-state index contributed by atoms with van der Waals surface area (Å²) in [6, 6.07) is 8.07. The molecule has 0 radical (unpaired) electrons. The molecule has 2 N–H and O–H groups in total. The molecule has 8 heteroatoms. The predicted octanol–water partition coefficient (Wildman–Crippen LogP) is 2.23. The van der Waals surface area contributed by atoms with E-state index in [0.717, 1.165) is 25.3 Å². The average Bonchev–Trinajstić information content (AvgIpc) is 2.91. The lowest BCUT2D eigenvalue weighted by molar-refractivity contribution is 0.271. The zero-order valence-corrected chi connectivity index (χ0v) is 18.8. The summed E-state index contributed by atoms with van der Waals surface area (Å²) in [6.45, 7) is 5.70. The fraction of sp³-hybridized carbons (Fsp3) is 0.611. The number of ether oxygens (including phenoxy) is 1. The molecule has 0 amide bonds. The first-order chi connectivity index (χ1) is 11.9. The van der Waals surface area contributed by atoms with Crippen molar-refractivity contribution in [3.63, 3.8) is 0 Å². The summed E-state index contributed by atoms with van der Waals surface area (Å²) in [5, 5.41) is 6.42. The third kappa shape index (κ3) is 8.11. The molecule has 1 atom stereocenters. The summed E-state index contributed by atoms with van der Waals surface area (Å²) in [4.78, 5) is 4.17. The summed E-state index contributed by atoms with van der Waals surface area (Å²) in [5.41, 5.74) is 1.21. The molecular weight excluding hydrogens is 465 g/mol. The molecule has 0 bridgehead atoms. The van der Waals surface area contributed by atoms with Crippen molar-refractivity contribution in [1.29, 1.82) is 0 Å². The van der Waals surface area contributed by atoms with E-state index in [0.29, 0.717) is 18.3 Å². The zero-order valence-electron chi connectivity index (χ0n) is 15.7. The van der Waals surface area contributed by atoms with E-state index in [1.165, 1.54) is 5.56 Å². The van der Waals surface area contributed by atoms with E-state index in [2.05, 4.69) is 41.6 Å². The molecule has 1 aliphatic heterocycles. The number of hydrogen-bond acceptors (Lipinski definition) is 4. The first-order valence-electron chi connectivity index (χ1n) is 8.77. The molecule has 1 aliphatic rings. The smallest absolute Gasteiger partial charge is 0.191 e. The Hall–Kier alpha value is -1.03. The van der Waals surface area contributed by atoms with Crippen LogP contribution < -0.4 is 15.4 Å². The molecule has 0 saturated carbocycles. The van der Waals surface area contributed by atoms with Crippen molar-refractivity contribution < 1.29 is 13.2 Å². The largest absolute Gasteiger partial charge is 0.493 e. The lowest BCUT2D eigenvalue weighted by Gasteiger charge is -2.16. The highest BCUT2D eigenvalue weighted by atomic mass is 127. The van der Waals surface area contributed by atoms with Crippen LogP contribution in [0.15, 0.2) is 29.3 Å². The number of hydrogen-bond donors (Lipinski definition) is 2. The van der Waals surface area contributed by atoms with Crippen molar-refractivity contribution in [2.24, 2.45) is 10.9 Å². The monoisotopic (exact) mass is 495 g/mol. The van der Waals surface area contributed by atoms with Gasteiger partial charge in [0.05, 0.1) is 18.1 Å². The van der Waals surface area contributed by atoms with E-state index in [1.807, 2.05) is 12.1 Å². The number of halogens is 1. The Labute approximate surface area is 174 Å². The highest BCUT2D eigenvalue weighted by Gasteiger charge is 2.28. The molecule has 1 aromatic rings. The molecule has 148 valence electrons. The predicted molar refractivity (Wildman–Crippen MR) is 117 cm³/mol. The van der Waals surface area contributed by atoms with E-state index in [9.17, 15) is 8.42 Å². The van der Waals surface area contributed by atoms with Crippen molar-refractivity contribution in [3.05, 3.63) is 29.8 Å². The number of aliphatic imine (C=N–C) groups is 1. The molecule has 2 rings (SSSR count). The van der Waals surface area contributed by atoms with Crippen LogP contribution in [-0.2, 0) is 16.3 Å². The third-order valence-electron chi connectivity index (χ3n) is 4.01. The van der Waals surface area contributed by atoms with Crippen molar-refractivity contribution in [2.45, 2.75) is 32.7 Å². The van der Waals surface area contributed by atoms with Gasteiger partial charge in [0.1, 0.15) is 5.75 Å². The van der Waals surface area contributed by atoms with Gasteiger partial charge in [0.15, 0.2) is 15.8 Å². The van der Waals surface area contributed by atoms with Gasteiger partial charge < -0.3 is 15.4 Å². The van der Waals surface area contributed by atoms with Crippen molar-refractivity contribution in [3.8, 4) is 5.75 Å². The maximum absolute atomic E-state index is 11.5. The van der Waals surface area contributed by atoms with Crippen LogP contribution in [0.2, 0.25) is 0 Å². The quantitative estimate of drug-likeness (QED) is 0.345. The van der Waals surface area contributed by atoms with Gasteiger partial charge in [0, 0.05) is 19.6 Å². The van der Waals surface area contributed by atoms with E-state index in [1.54, 1.807) is 7.05 Å². The van der Waals surface area contributed by atoms with Crippen LogP contribution in [0.25, 0.3) is 0 Å². The van der Waals surface area contributed by atoms with Gasteiger partial charge in [-0.3, -0.25) is 4.99 Å². The number of rotatable bonds is 7. The fourth-order valence-corrected chi connectivity index (χ4v) is 4.31. The highest BCUT2D eigenvalue weighted by molar-refractivity contribution is 14.0. The number of sulfone groups is 1. The average molecular weight is 495 g/mol. The van der Waals surface area contributed by atoms with Crippen LogP contribution in [0, 0.1) is 5.92 Å². The second kappa shape index (κ2) is 11.0. The van der Waals surface area contributed by atoms with Gasteiger partial charge in [-0.1, -0.05) is 26.0 Å². The van der Waals surface area contributed by atoms with Gasteiger partial charge in [0.25, 0.3) is 0 Å². The molecular formula is C18H30IN3O3S. The van der Waals surface area contributed by atoms with Crippen LogP contribution in [0.3, 0.4) is 0 Å². The molecule has 1 heterocycles. The minimum absolute atomic E-state index is 0. The van der Waals surface area contributed by atoms with E-state index in [4.69, 9.17) is 4.74 Å². The number of benzene rings is 1. The van der Waals surface area contributed by atoms with Crippen LogP contribution in [0.4, 0.5) is 0 Å². The Morgan fingerprint density at radius 1 is 1.31 bits per heavy atom. The molecule has 0 spiro atoms. The lowest BCUT2D eigenvalue weighted by atomic mass is 10.1. The number of guanidine groups is 1. The Morgan fingerprint density at radius 2 is 2.00 bits per heavy atom. The Bertz CT molecular complexity index is 675. The van der Waals surface area contributed by atoms with Crippen LogP contribution in [0.5, 0.6) is 5.75 Å². The first-order valence-corrected chi connectivity index (χ1v) is 10.6. The Balaban J connectivity index is 0.00000338. The normalized spacial score (nSPS) is 19.1. The van der Waals surface area contributed by atoms with Gasteiger partial charge in [-0.25, -0.2) is 8.42 Å². The van der Waals surface area contributed by atoms with E-state index in [-0.39, 0.29) is 41.5 Å². The van der Waals surface area contributed by atoms with Crippen LogP contribution in [0.1, 0.15) is 25.8 Å². The second-order valence-corrected chi connectivity index (χ2v) is 9.07. The lowest BCUT2D eigenvalue weighted by Crippen LogP contribution is -2.44. The minimum atomic E-state index is -2.88. The highest BCUT2D eigenvalue weighted by Crippen LogP contribution is 2.13.